The molecular formula is C33H42F6O4. The first-order chi connectivity index (χ1) is 20.4. The molecule has 0 heterocycles. The minimum absolute atomic E-state index is 0.107. The summed E-state index contributed by atoms with van der Waals surface area (Å²) >= 11 is 0. The molecule has 0 aliphatic heterocycles. The predicted molar refractivity (Wildman–Crippen MR) is 153 cm³/mol. The highest BCUT2D eigenvalue weighted by Gasteiger charge is 2.72. The van der Waals surface area contributed by atoms with E-state index in [2.05, 4.69) is 13.8 Å². The number of alkyl halides is 6. The van der Waals surface area contributed by atoms with E-state index < -0.39 is 40.8 Å². The molecule has 0 radical (unpaired) electrons. The quantitative estimate of drug-likeness (QED) is 0.0950. The van der Waals surface area contributed by atoms with E-state index in [0.717, 1.165) is 88.5 Å². The number of esters is 2. The summed E-state index contributed by atoms with van der Waals surface area (Å²) in [6, 6.07) is 6.18. The van der Waals surface area contributed by atoms with Crippen LogP contribution >= 0.6 is 0 Å². The van der Waals surface area contributed by atoms with Gasteiger partial charge in [0.2, 0.25) is 5.41 Å². The van der Waals surface area contributed by atoms with Gasteiger partial charge in [-0.1, -0.05) is 102 Å². The fraction of sp³-hybridized carbons (Fsp3) is 0.576. The highest BCUT2D eigenvalue weighted by molar-refractivity contribution is 5.90. The summed E-state index contributed by atoms with van der Waals surface area (Å²) in [5.41, 5.74) is -6.94. The number of rotatable bonds is 18. The SMILES string of the molecule is CCCCCCCCOC(=O)c1ccc(C(c2ccc(C(=O)OCCCCCCCC)cc2)(C(F)(F)F)C(F)(F)F)cc1. The Kier molecular flexibility index (Phi) is 14.5. The number of ether oxygens (including phenoxy) is 2. The Morgan fingerprint density at radius 2 is 0.814 bits per heavy atom. The molecule has 0 aliphatic carbocycles. The Bertz CT molecular complexity index is 1020. The lowest BCUT2D eigenvalue weighted by Crippen LogP contribution is -2.54. The lowest BCUT2D eigenvalue weighted by Gasteiger charge is -2.38. The van der Waals surface area contributed by atoms with E-state index in [1.165, 1.54) is 0 Å². The van der Waals surface area contributed by atoms with Gasteiger partial charge in [-0.05, 0) is 48.2 Å². The molecule has 240 valence electrons. The minimum atomic E-state index is -5.80. The zero-order chi connectivity index (χ0) is 31.9. The highest BCUT2D eigenvalue weighted by atomic mass is 19.4. The average Bonchev–Trinajstić information content (AvgIpc) is 2.95. The third kappa shape index (κ3) is 10.00. The third-order valence-electron chi connectivity index (χ3n) is 7.42. The van der Waals surface area contributed by atoms with Crippen molar-refractivity contribution in [3.63, 3.8) is 0 Å². The number of carbonyl (C=O) groups excluding carboxylic acids is 2. The van der Waals surface area contributed by atoms with Gasteiger partial charge in [0.15, 0.2) is 0 Å². The Labute approximate surface area is 250 Å². The molecule has 2 rings (SSSR count). The third-order valence-corrected chi connectivity index (χ3v) is 7.42. The molecule has 0 spiro atoms. The van der Waals surface area contributed by atoms with Crippen molar-refractivity contribution in [3.8, 4) is 0 Å². The molecule has 0 amide bonds. The van der Waals surface area contributed by atoms with Crippen molar-refractivity contribution in [1.82, 2.24) is 0 Å². The monoisotopic (exact) mass is 616 g/mol. The van der Waals surface area contributed by atoms with Crippen LogP contribution < -0.4 is 0 Å². The molecule has 2 aromatic carbocycles. The molecule has 0 unspecified atom stereocenters. The molecule has 4 nitrogen and oxygen atoms in total. The molecule has 2 aromatic rings. The van der Waals surface area contributed by atoms with Crippen LogP contribution in [0.25, 0.3) is 0 Å². The fourth-order valence-corrected chi connectivity index (χ4v) is 4.96. The lowest BCUT2D eigenvalue weighted by molar-refractivity contribution is -0.288. The summed E-state index contributed by atoms with van der Waals surface area (Å²) < 4.78 is 97.2. The second kappa shape index (κ2) is 17.3. The molecule has 0 atom stereocenters. The zero-order valence-corrected chi connectivity index (χ0v) is 24.9. The van der Waals surface area contributed by atoms with Gasteiger partial charge in [0.05, 0.1) is 24.3 Å². The van der Waals surface area contributed by atoms with E-state index in [1.54, 1.807) is 0 Å². The van der Waals surface area contributed by atoms with Crippen molar-refractivity contribution in [2.45, 2.75) is 109 Å². The predicted octanol–water partition coefficient (Wildman–Crippen LogP) is 10.1. The first-order valence-electron chi connectivity index (χ1n) is 15.1. The van der Waals surface area contributed by atoms with E-state index in [4.69, 9.17) is 9.47 Å². The maximum Gasteiger partial charge on any atom is 0.411 e. The molecular weight excluding hydrogens is 574 g/mol. The Morgan fingerprint density at radius 1 is 0.512 bits per heavy atom. The van der Waals surface area contributed by atoms with Gasteiger partial charge < -0.3 is 9.47 Å². The van der Waals surface area contributed by atoms with Crippen LogP contribution in [0.5, 0.6) is 0 Å². The van der Waals surface area contributed by atoms with Crippen LogP contribution in [0, 0.1) is 0 Å². The summed E-state index contributed by atoms with van der Waals surface area (Å²) in [4.78, 5) is 24.7. The van der Waals surface area contributed by atoms with Crippen LogP contribution in [-0.4, -0.2) is 37.5 Å². The smallest absolute Gasteiger partial charge is 0.411 e. The Morgan fingerprint density at radius 3 is 1.12 bits per heavy atom. The summed E-state index contributed by atoms with van der Waals surface area (Å²) in [5.74, 6) is -1.65. The lowest BCUT2D eigenvalue weighted by atomic mass is 9.72. The minimum Gasteiger partial charge on any atom is -0.462 e. The van der Waals surface area contributed by atoms with E-state index in [-0.39, 0.29) is 24.3 Å². The van der Waals surface area contributed by atoms with E-state index in [9.17, 15) is 35.9 Å². The van der Waals surface area contributed by atoms with Gasteiger partial charge in [-0.15, -0.1) is 0 Å². The summed E-state index contributed by atoms with van der Waals surface area (Å²) in [5, 5.41) is 0. The van der Waals surface area contributed by atoms with Crippen LogP contribution in [0.15, 0.2) is 48.5 Å². The van der Waals surface area contributed by atoms with Crippen LogP contribution in [0.1, 0.15) is 123 Å². The van der Waals surface area contributed by atoms with Crippen molar-refractivity contribution in [3.05, 3.63) is 70.8 Å². The van der Waals surface area contributed by atoms with Crippen molar-refractivity contribution >= 4 is 11.9 Å². The maximum absolute atomic E-state index is 14.5. The number of hydrogen-bond acceptors (Lipinski definition) is 4. The first-order valence-corrected chi connectivity index (χ1v) is 15.1. The van der Waals surface area contributed by atoms with Crippen LogP contribution in [-0.2, 0) is 14.9 Å². The average molecular weight is 617 g/mol. The second-order valence-electron chi connectivity index (χ2n) is 10.7. The van der Waals surface area contributed by atoms with Crippen molar-refractivity contribution < 1.29 is 45.4 Å². The molecule has 0 N–H and O–H groups in total. The van der Waals surface area contributed by atoms with Gasteiger partial charge >= 0.3 is 24.3 Å². The van der Waals surface area contributed by atoms with E-state index >= 15 is 0 Å². The van der Waals surface area contributed by atoms with Gasteiger partial charge in [-0.25, -0.2) is 9.59 Å². The van der Waals surface area contributed by atoms with Gasteiger partial charge in [0, 0.05) is 0 Å². The van der Waals surface area contributed by atoms with Gasteiger partial charge in [0.1, 0.15) is 0 Å². The second-order valence-corrected chi connectivity index (χ2v) is 10.7. The van der Waals surface area contributed by atoms with Crippen LogP contribution in [0.2, 0.25) is 0 Å². The Balaban J connectivity index is 2.20. The summed E-state index contributed by atoms with van der Waals surface area (Å²) in [6.07, 6.45) is -0.171. The number of unbranched alkanes of at least 4 members (excludes halogenated alkanes) is 10. The summed E-state index contributed by atoms with van der Waals surface area (Å²) in [7, 11) is 0. The fourth-order valence-electron chi connectivity index (χ4n) is 4.96. The van der Waals surface area contributed by atoms with E-state index in [0.29, 0.717) is 37.1 Å². The molecule has 0 saturated carbocycles. The van der Waals surface area contributed by atoms with Gasteiger partial charge in [0.25, 0.3) is 0 Å². The van der Waals surface area contributed by atoms with Crippen molar-refractivity contribution in [2.75, 3.05) is 13.2 Å². The van der Waals surface area contributed by atoms with Crippen LogP contribution in [0.4, 0.5) is 26.3 Å². The molecule has 0 saturated heterocycles. The Hall–Kier alpha value is -3.04. The van der Waals surface area contributed by atoms with Crippen molar-refractivity contribution in [2.24, 2.45) is 0 Å². The molecule has 0 aliphatic rings. The highest BCUT2D eigenvalue weighted by Crippen LogP contribution is 2.56. The van der Waals surface area contributed by atoms with Crippen molar-refractivity contribution in [1.29, 1.82) is 0 Å². The van der Waals surface area contributed by atoms with Gasteiger partial charge in [-0.2, -0.15) is 26.3 Å². The van der Waals surface area contributed by atoms with Crippen LogP contribution in [0.3, 0.4) is 0 Å². The first kappa shape index (κ1) is 36.2. The molecule has 43 heavy (non-hydrogen) atoms. The number of benzene rings is 2. The standard InChI is InChI=1S/C33H42F6O4/c1-3-5-7-9-11-13-23-42-29(40)25-15-19-27(20-16-25)31(32(34,35)36,33(37,38)39)28-21-17-26(18-22-28)30(41)43-24-14-12-10-8-6-4-2/h15-22H,3-14,23-24H2,1-2H3. The molecule has 0 fully saturated rings. The number of carbonyl (C=O) groups is 2. The molecule has 0 aromatic heterocycles. The number of hydrogen-bond donors (Lipinski definition) is 0. The molecule has 10 heteroatoms. The molecule has 0 bridgehead atoms. The summed E-state index contributed by atoms with van der Waals surface area (Å²) in [6.45, 7) is 4.39. The van der Waals surface area contributed by atoms with E-state index in [1.807, 2.05) is 0 Å². The zero-order valence-electron chi connectivity index (χ0n) is 24.9. The normalized spacial score (nSPS) is 12.3. The maximum atomic E-state index is 14.5. The van der Waals surface area contributed by atoms with Gasteiger partial charge in [-0.3, -0.25) is 0 Å². The largest absolute Gasteiger partial charge is 0.462 e. The number of halogens is 6. The topological polar surface area (TPSA) is 52.6 Å².